The summed E-state index contributed by atoms with van der Waals surface area (Å²) in [6.07, 6.45) is 1.91. The van der Waals surface area contributed by atoms with Gasteiger partial charge in [-0.3, -0.25) is 0 Å². The smallest absolute Gasteiger partial charge is 0.354 e. The number of carboxylic acids is 1. The fourth-order valence-electron chi connectivity index (χ4n) is 1.87. The number of carbonyl (C=O) groups is 1. The lowest BCUT2D eigenvalue weighted by molar-refractivity contribution is 0.0684. The Morgan fingerprint density at radius 3 is 2.83 bits per heavy atom. The molecule has 0 spiro atoms. The van der Waals surface area contributed by atoms with E-state index in [1.807, 2.05) is 0 Å². The zero-order valence-corrected chi connectivity index (χ0v) is 9.93. The molecule has 0 unspecified atom stereocenters. The third-order valence-corrected chi connectivity index (χ3v) is 2.80. The molecule has 0 atom stereocenters. The van der Waals surface area contributed by atoms with Gasteiger partial charge in [-0.15, -0.1) is 0 Å². The molecule has 0 aliphatic rings. The summed E-state index contributed by atoms with van der Waals surface area (Å²) in [7, 11) is 0. The number of halogens is 1. The average molecular weight is 248 g/mol. The number of hydrogen-bond donors (Lipinski definition) is 1. The highest BCUT2D eigenvalue weighted by atomic mass is 19.1. The van der Waals surface area contributed by atoms with Crippen LogP contribution in [0.25, 0.3) is 0 Å². The molecule has 1 aromatic heterocycles. The Morgan fingerprint density at radius 1 is 1.44 bits per heavy atom. The lowest BCUT2D eigenvalue weighted by Crippen LogP contribution is -2.11. The van der Waals surface area contributed by atoms with E-state index in [9.17, 15) is 9.18 Å². The van der Waals surface area contributed by atoms with E-state index in [-0.39, 0.29) is 11.5 Å². The average Bonchev–Trinajstić information content (AvgIpc) is 2.69. The zero-order valence-electron chi connectivity index (χ0n) is 9.93. The van der Waals surface area contributed by atoms with E-state index in [2.05, 4.69) is 4.98 Å². The number of nitrogens with zero attached hydrogens (tertiary/aromatic N) is 2. The maximum Gasteiger partial charge on any atom is 0.354 e. The molecule has 0 amide bonds. The standard InChI is InChI=1S/C13H13FN2O2/c1-9-12(13(17)18)16(8-15-9)7-6-10-4-2-3-5-11(10)14/h2-5,8H,6-7H2,1H3,(H,17,18). The molecule has 2 rings (SSSR count). The Morgan fingerprint density at radius 2 is 2.17 bits per heavy atom. The lowest BCUT2D eigenvalue weighted by Gasteiger charge is -2.06. The van der Waals surface area contributed by atoms with Gasteiger partial charge in [0.15, 0.2) is 0 Å². The minimum absolute atomic E-state index is 0.159. The van der Waals surface area contributed by atoms with Gasteiger partial charge in [-0.05, 0) is 25.0 Å². The number of hydrogen-bond acceptors (Lipinski definition) is 2. The van der Waals surface area contributed by atoms with Crippen LogP contribution in [0.4, 0.5) is 4.39 Å². The highest BCUT2D eigenvalue weighted by Crippen LogP contribution is 2.11. The molecule has 1 N–H and O–H groups in total. The van der Waals surface area contributed by atoms with Crippen molar-refractivity contribution in [3.05, 3.63) is 53.4 Å². The summed E-state index contributed by atoms with van der Waals surface area (Å²) in [6, 6.07) is 6.48. The zero-order chi connectivity index (χ0) is 13.1. The van der Waals surface area contributed by atoms with Gasteiger partial charge in [-0.2, -0.15) is 0 Å². The molecular weight excluding hydrogens is 235 g/mol. The number of carboxylic acid groups (broad SMARTS) is 1. The second kappa shape index (κ2) is 5.00. The Balaban J connectivity index is 2.16. The van der Waals surface area contributed by atoms with Crippen LogP contribution >= 0.6 is 0 Å². The number of aryl methyl sites for hydroxylation is 3. The van der Waals surface area contributed by atoms with E-state index in [0.717, 1.165) is 0 Å². The lowest BCUT2D eigenvalue weighted by atomic mass is 10.1. The van der Waals surface area contributed by atoms with Crippen molar-refractivity contribution in [3.8, 4) is 0 Å². The fourth-order valence-corrected chi connectivity index (χ4v) is 1.87. The van der Waals surface area contributed by atoms with Crippen LogP contribution in [-0.4, -0.2) is 20.6 Å². The Kier molecular flexibility index (Phi) is 3.41. The highest BCUT2D eigenvalue weighted by molar-refractivity contribution is 5.86. The van der Waals surface area contributed by atoms with E-state index in [4.69, 9.17) is 5.11 Å². The van der Waals surface area contributed by atoms with Gasteiger partial charge in [0.1, 0.15) is 11.5 Å². The van der Waals surface area contributed by atoms with Crippen molar-refractivity contribution >= 4 is 5.97 Å². The normalized spacial score (nSPS) is 10.6. The van der Waals surface area contributed by atoms with Crippen LogP contribution in [0.3, 0.4) is 0 Å². The molecule has 1 aromatic carbocycles. The number of rotatable bonds is 4. The van der Waals surface area contributed by atoms with Gasteiger partial charge in [0.05, 0.1) is 12.0 Å². The first-order valence-electron chi connectivity index (χ1n) is 5.58. The number of imidazole rings is 1. The molecule has 2 aromatic rings. The molecule has 0 saturated carbocycles. The second-order valence-electron chi connectivity index (χ2n) is 4.02. The van der Waals surface area contributed by atoms with Crippen molar-refractivity contribution in [2.75, 3.05) is 0 Å². The van der Waals surface area contributed by atoms with Crippen LogP contribution in [0.2, 0.25) is 0 Å². The summed E-state index contributed by atoms with van der Waals surface area (Å²) in [6.45, 7) is 2.03. The Hall–Kier alpha value is -2.17. The molecule has 5 heteroatoms. The van der Waals surface area contributed by atoms with E-state index in [1.165, 1.54) is 17.0 Å². The molecule has 1 heterocycles. The predicted octanol–water partition coefficient (Wildman–Crippen LogP) is 2.27. The Labute approximate surface area is 104 Å². The maximum atomic E-state index is 13.4. The molecule has 0 radical (unpaired) electrons. The number of aromatic nitrogens is 2. The van der Waals surface area contributed by atoms with Crippen LogP contribution < -0.4 is 0 Å². The van der Waals surface area contributed by atoms with E-state index < -0.39 is 5.97 Å². The molecule has 94 valence electrons. The van der Waals surface area contributed by atoms with Gasteiger partial charge in [0.25, 0.3) is 0 Å². The van der Waals surface area contributed by atoms with Gasteiger partial charge >= 0.3 is 5.97 Å². The quantitative estimate of drug-likeness (QED) is 0.903. The molecule has 0 aliphatic carbocycles. The van der Waals surface area contributed by atoms with E-state index in [1.54, 1.807) is 25.1 Å². The first kappa shape index (κ1) is 12.3. The second-order valence-corrected chi connectivity index (χ2v) is 4.02. The summed E-state index contributed by atoms with van der Waals surface area (Å²) in [5.74, 6) is -1.29. The van der Waals surface area contributed by atoms with Gasteiger partial charge in [-0.25, -0.2) is 14.2 Å². The van der Waals surface area contributed by atoms with Crippen LogP contribution in [0.5, 0.6) is 0 Å². The molecular formula is C13H13FN2O2. The largest absolute Gasteiger partial charge is 0.477 e. The van der Waals surface area contributed by atoms with Crippen molar-refractivity contribution in [3.63, 3.8) is 0 Å². The maximum absolute atomic E-state index is 13.4. The third-order valence-electron chi connectivity index (χ3n) is 2.80. The van der Waals surface area contributed by atoms with Crippen molar-refractivity contribution in [2.24, 2.45) is 0 Å². The topological polar surface area (TPSA) is 55.1 Å². The van der Waals surface area contributed by atoms with Gasteiger partial charge in [0.2, 0.25) is 0 Å². The number of benzene rings is 1. The van der Waals surface area contributed by atoms with Crippen molar-refractivity contribution < 1.29 is 14.3 Å². The molecule has 0 bridgehead atoms. The van der Waals surface area contributed by atoms with Crippen LogP contribution in [0, 0.1) is 12.7 Å². The summed E-state index contributed by atoms with van der Waals surface area (Å²) in [5, 5.41) is 9.05. The first-order chi connectivity index (χ1) is 8.59. The fraction of sp³-hybridized carbons (Fsp3) is 0.231. The Bertz CT molecular complexity index is 578. The molecule has 18 heavy (non-hydrogen) atoms. The molecule has 0 saturated heterocycles. The van der Waals surface area contributed by atoms with Crippen molar-refractivity contribution in [1.29, 1.82) is 0 Å². The van der Waals surface area contributed by atoms with Crippen LogP contribution in [0.1, 0.15) is 21.7 Å². The first-order valence-corrected chi connectivity index (χ1v) is 5.58. The molecule has 0 fully saturated rings. The number of aromatic carboxylic acids is 1. The van der Waals surface area contributed by atoms with Crippen molar-refractivity contribution in [1.82, 2.24) is 9.55 Å². The van der Waals surface area contributed by atoms with E-state index >= 15 is 0 Å². The van der Waals surface area contributed by atoms with E-state index in [0.29, 0.717) is 24.2 Å². The van der Waals surface area contributed by atoms with Gasteiger partial charge < -0.3 is 9.67 Å². The van der Waals surface area contributed by atoms with Crippen molar-refractivity contribution in [2.45, 2.75) is 19.9 Å². The minimum atomic E-state index is -1.02. The summed E-state index contributed by atoms with van der Waals surface area (Å²) in [5.41, 5.74) is 1.20. The molecule has 4 nitrogen and oxygen atoms in total. The van der Waals surface area contributed by atoms with Gasteiger partial charge in [-0.1, -0.05) is 18.2 Å². The highest BCUT2D eigenvalue weighted by Gasteiger charge is 2.14. The summed E-state index contributed by atoms with van der Waals surface area (Å²) < 4.78 is 14.9. The van der Waals surface area contributed by atoms with Crippen LogP contribution in [0.15, 0.2) is 30.6 Å². The summed E-state index contributed by atoms with van der Waals surface area (Å²) >= 11 is 0. The predicted molar refractivity (Wildman–Crippen MR) is 64.0 cm³/mol. The summed E-state index contributed by atoms with van der Waals surface area (Å²) in [4.78, 5) is 15.0. The minimum Gasteiger partial charge on any atom is -0.477 e. The molecule has 0 aliphatic heterocycles. The monoisotopic (exact) mass is 248 g/mol. The van der Waals surface area contributed by atoms with Crippen LogP contribution in [-0.2, 0) is 13.0 Å². The van der Waals surface area contributed by atoms with Gasteiger partial charge in [0, 0.05) is 6.54 Å². The third kappa shape index (κ3) is 2.40. The SMILES string of the molecule is Cc1ncn(CCc2ccccc2F)c1C(=O)O.